The Bertz CT molecular complexity index is 222. The Labute approximate surface area is 105 Å². The summed E-state index contributed by atoms with van der Waals surface area (Å²) in [5.74, 6) is 0.878. The van der Waals surface area contributed by atoms with E-state index in [2.05, 4.69) is 31.4 Å². The highest BCUT2D eigenvalue weighted by Crippen LogP contribution is 2.25. The summed E-state index contributed by atoms with van der Waals surface area (Å²) in [6.45, 7) is 7.21. The number of hydrogen-bond donors (Lipinski definition) is 1. The fraction of sp³-hybridized carbons (Fsp3) is 0.923. The third-order valence-electron chi connectivity index (χ3n) is 3.35. The first kappa shape index (κ1) is 13.9. The first-order chi connectivity index (χ1) is 7.52. The van der Waals surface area contributed by atoms with Crippen LogP contribution in [-0.4, -0.2) is 28.6 Å². The molecule has 0 aliphatic heterocycles. The second-order valence-corrected chi connectivity index (χ2v) is 6.10. The van der Waals surface area contributed by atoms with Gasteiger partial charge in [0.05, 0.1) is 5.25 Å². The summed E-state index contributed by atoms with van der Waals surface area (Å²) in [6, 6.07) is 0.487. The molecule has 0 spiro atoms. The van der Waals surface area contributed by atoms with Gasteiger partial charge >= 0.3 is 0 Å². The van der Waals surface area contributed by atoms with Gasteiger partial charge in [0.1, 0.15) is 0 Å². The molecule has 16 heavy (non-hydrogen) atoms. The topological polar surface area (TPSA) is 20.3 Å². The van der Waals surface area contributed by atoms with E-state index in [0.29, 0.717) is 12.0 Å². The van der Waals surface area contributed by atoms with Crippen LogP contribution in [0.4, 0.5) is 0 Å². The van der Waals surface area contributed by atoms with Gasteiger partial charge < -0.3 is 4.90 Å². The Morgan fingerprint density at radius 2 is 1.88 bits per heavy atom. The average Bonchev–Trinajstić information content (AvgIpc) is 2.70. The Morgan fingerprint density at radius 3 is 2.31 bits per heavy atom. The maximum atomic E-state index is 12.1. The van der Waals surface area contributed by atoms with E-state index in [1.54, 1.807) is 0 Å². The van der Waals surface area contributed by atoms with Crippen molar-refractivity contribution in [1.29, 1.82) is 0 Å². The van der Waals surface area contributed by atoms with Gasteiger partial charge in [-0.15, -0.1) is 0 Å². The minimum atomic E-state index is -0.159. The molecule has 0 N–H and O–H groups in total. The van der Waals surface area contributed by atoms with Crippen LogP contribution >= 0.6 is 12.6 Å². The van der Waals surface area contributed by atoms with Gasteiger partial charge in [-0.1, -0.05) is 26.7 Å². The predicted molar refractivity (Wildman–Crippen MR) is 71.9 cm³/mol. The van der Waals surface area contributed by atoms with Crippen LogP contribution in [0.15, 0.2) is 0 Å². The molecule has 1 saturated carbocycles. The number of carbonyl (C=O) groups excluding carboxylic acids is 1. The minimum Gasteiger partial charge on any atom is -0.339 e. The normalized spacial score (nSPS) is 19.1. The number of hydrogen-bond acceptors (Lipinski definition) is 2. The van der Waals surface area contributed by atoms with Crippen molar-refractivity contribution in [3.8, 4) is 0 Å². The van der Waals surface area contributed by atoms with Gasteiger partial charge in [0.15, 0.2) is 0 Å². The van der Waals surface area contributed by atoms with E-state index in [9.17, 15) is 4.79 Å². The van der Waals surface area contributed by atoms with E-state index < -0.39 is 0 Å². The number of amides is 1. The second kappa shape index (κ2) is 6.53. The van der Waals surface area contributed by atoms with Crippen molar-refractivity contribution >= 4 is 18.5 Å². The van der Waals surface area contributed by atoms with Gasteiger partial charge in [-0.3, -0.25) is 4.79 Å². The van der Waals surface area contributed by atoms with E-state index in [0.717, 1.165) is 13.0 Å². The molecule has 1 fully saturated rings. The van der Waals surface area contributed by atoms with Crippen LogP contribution in [-0.2, 0) is 4.79 Å². The second-order valence-electron chi connectivity index (χ2n) is 5.33. The van der Waals surface area contributed by atoms with Crippen molar-refractivity contribution in [3.63, 3.8) is 0 Å². The van der Waals surface area contributed by atoms with Crippen LogP contribution in [0.2, 0.25) is 0 Å². The molecule has 94 valence electrons. The van der Waals surface area contributed by atoms with E-state index in [-0.39, 0.29) is 11.2 Å². The molecule has 2 nitrogen and oxygen atoms in total. The zero-order chi connectivity index (χ0) is 12.1. The number of nitrogens with zero attached hydrogens (tertiary/aromatic N) is 1. The van der Waals surface area contributed by atoms with Gasteiger partial charge in [-0.05, 0) is 32.1 Å². The molecule has 1 atom stereocenters. The lowest BCUT2D eigenvalue weighted by Crippen LogP contribution is -2.43. The maximum Gasteiger partial charge on any atom is 0.235 e. The quantitative estimate of drug-likeness (QED) is 0.736. The van der Waals surface area contributed by atoms with Gasteiger partial charge in [-0.2, -0.15) is 12.6 Å². The molecule has 1 rings (SSSR count). The molecule has 3 heteroatoms. The molecular weight excluding hydrogens is 218 g/mol. The SMILES string of the molecule is CC(C)CCN(C(=O)C(C)S)C1CCCC1. The Hall–Kier alpha value is -0.180. The number of rotatable bonds is 5. The zero-order valence-corrected chi connectivity index (χ0v) is 11.7. The molecule has 0 aromatic carbocycles. The number of carbonyl (C=O) groups is 1. The summed E-state index contributed by atoms with van der Waals surface area (Å²) in [5.41, 5.74) is 0. The highest BCUT2D eigenvalue weighted by molar-refractivity contribution is 7.81. The molecular formula is C13H25NOS. The van der Waals surface area contributed by atoms with Crippen LogP contribution in [0.25, 0.3) is 0 Å². The van der Waals surface area contributed by atoms with E-state index in [1.807, 2.05) is 6.92 Å². The van der Waals surface area contributed by atoms with Crippen molar-refractivity contribution in [1.82, 2.24) is 4.90 Å². The Morgan fingerprint density at radius 1 is 1.31 bits per heavy atom. The molecule has 1 unspecified atom stereocenters. The van der Waals surface area contributed by atoms with Crippen molar-refractivity contribution in [2.45, 2.75) is 64.2 Å². The molecule has 0 aromatic rings. The highest BCUT2D eigenvalue weighted by atomic mass is 32.1. The van der Waals surface area contributed by atoms with Crippen LogP contribution in [0.5, 0.6) is 0 Å². The predicted octanol–water partition coefficient (Wildman–Crippen LogP) is 3.12. The van der Waals surface area contributed by atoms with Crippen molar-refractivity contribution < 1.29 is 4.79 Å². The summed E-state index contributed by atoms with van der Waals surface area (Å²) in [4.78, 5) is 14.2. The van der Waals surface area contributed by atoms with Gasteiger partial charge in [0.25, 0.3) is 0 Å². The van der Waals surface area contributed by atoms with Crippen LogP contribution in [0.1, 0.15) is 52.9 Å². The van der Waals surface area contributed by atoms with Gasteiger partial charge in [0.2, 0.25) is 5.91 Å². The fourth-order valence-electron chi connectivity index (χ4n) is 2.33. The molecule has 1 aliphatic carbocycles. The summed E-state index contributed by atoms with van der Waals surface area (Å²) in [6.07, 6.45) is 6.02. The van der Waals surface area contributed by atoms with Crippen LogP contribution in [0, 0.1) is 5.92 Å². The van der Waals surface area contributed by atoms with Crippen molar-refractivity contribution in [2.75, 3.05) is 6.54 Å². The van der Waals surface area contributed by atoms with Crippen LogP contribution in [0.3, 0.4) is 0 Å². The smallest absolute Gasteiger partial charge is 0.235 e. The molecule has 0 radical (unpaired) electrons. The molecule has 0 heterocycles. The monoisotopic (exact) mass is 243 g/mol. The zero-order valence-electron chi connectivity index (χ0n) is 10.8. The maximum absolute atomic E-state index is 12.1. The lowest BCUT2D eigenvalue weighted by molar-refractivity contribution is -0.132. The Balaban J connectivity index is 2.56. The summed E-state index contributed by atoms with van der Waals surface area (Å²) < 4.78 is 0. The fourth-order valence-corrected chi connectivity index (χ4v) is 2.47. The third kappa shape index (κ3) is 4.00. The van der Waals surface area contributed by atoms with Crippen molar-refractivity contribution in [2.24, 2.45) is 5.92 Å². The van der Waals surface area contributed by atoms with Gasteiger partial charge in [0, 0.05) is 12.6 Å². The molecule has 0 saturated heterocycles. The Kier molecular flexibility index (Phi) is 5.67. The molecule has 1 amide bonds. The lowest BCUT2D eigenvalue weighted by Gasteiger charge is -2.31. The van der Waals surface area contributed by atoms with E-state index >= 15 is 0 Å². The van der Waals surface area contributed by atoms with Crippen molar-refractivity contribution in [3.05, 3.63) is 0 Å². The summed E-state index contributed by atoms with van der Waals surface area (Å²) >= 11 is 4.28. The van der Waals surface area contributed by atoms with E-state index in [1.165, 1.54) is 25.7 Å². The van der Waals surface area contributed by atoms with E-state index in [4.69, 9.17) is 0 Å². The molecule has 1 aliphatic rings. The first-order valence-electron chi connectivity index (χ1n) is 6.51. The highest BCUT2D eigenvalue weighted by Gasteiger charge is 2.27. The lowest BCUT2D eigenvalue weighted by atomic mass is 10.1. The van der Waals surface area contributed by atoms with Crippen LogP contribution < -0.4 is 0 Å². The minimum absolute atomic E-state index is 0.159. The average molecular weight is 243 g/mol. The standard InChI is InChI=1S/C13H25NOS/c1-10(2)8-9-14(13(15)11(3)16)12-6-4-5-7-12/h10-12,16H,4-9H2,1-3H3. The molecule has 0 bridgehead atoms. The number of thiol groups is 1. The first-order valence-corrected chi connectivity index (χ1v) is 7.02. The summed E-state index contributed by atoms with van der Waals surface area (Å²) in [7, 11) is 0. The molecule has 0 aromatic heterocycles. The van der Waals surface area contributed by atoms with Gasteiger partial charge in [-0.25, -0.2) is 0 Å². The largest absolute Gasteiger partial charge is 0.339 e. The third-order valence-corrected chi connectivity index (χ3v) is 3.57. The summed E-state index contributed by atoms with van der Waals surface area (Å²) in [5, 5.41) is -0.159.